The van der Waals surface area contributed by atoms with Gasteiger partial charge in [-0.25, -0.2) is 0 Å². The summed E-state index contributed by atoms with van der Waals surface area (Å²) < 4.78 is 21.3. The molecular formula is C82H156O12. The molecule has 0 amide bonds. The number of aliphatic carboxylic acids is 2. The number of unbranched alkanes of at least 4 members (excludes halogenated alkanes) is 57. The van der Waals surface area contributed by atoms with Crippen LogP contribution in [-0.2, 0) is 47.7 Å². The first-order valence-electron chi connectivity index (χ1n) is 41.0. The standard InChI is InChI=1S/2C41H78O6/c1-4-6-8-10-12-14-16-18-20-22-24-26-28-30-32-34-40(43)46-37-39(36-45-38(3)42)47-41(44)35-33-31-29-27-25-23-21-19-17-15-13-11-9-7-5-2;1-38(42)47-37-39(34-30-26-22-18-14-10-6-4-8-12-16-20-24-28-32-36-41(45)46)33-29-25-21-17-13-9-5-2-3-7-11-15-19-23-27-31-35-40(43)44/h39H,4-37H2,1-3H3;39H,2-37H2,1H3,(H,43,44)(H,45,46). The molecule has 2 N–H and O–H groups in total. The van der Waals surface area contributed by atoms with Crippen LogP contribution in [0.2, 0.25) is 0 Å². The lowest BCUT2D eigenvalue weighted by atomic mass is 9.94. The molecule has 0 aromatic rings. The van der Waals surface area contributed by atoms with Gasteiger partial charge in [-0.05, 0) is 44.4 Å². The smallest absolute Gasteiger partial charge is 0.306 e. The summed E-state index contributed by atoms with van der Waals surface area (Å²) in [6, 6.07) is 0. The van der Waals surface area contributed by atoms with E-state index in [9.17, 15) is 28.8 Å². The third-order valence-corrected chi connectivity index (χ3v) is 18.9. The fraction of sp³-hybridized carbons (Fsp3) is 0.927. The van der Waals surface area contributed by atoms with E-state index in [2.05, 4.69) is 13.8 Å². The molecule has 0 fully saturated rings. The van der Waals surface area contributed by atoms with Crippen LogP contribution in [0.3, 0.4) is 0 Å². The molecule has 12 heteroatoms. The third-order valence-electron chi connectivity index (χ3n) is 18.9. The summed E-state index contributed by atoms with van der Waals surface area (Å²) >= 11 is 0. The van der Waals surface area contributed by atoms with Crippen LogP contribution < -0.4 is 0 Å². The van der Waals surface area contributed by atoms with E-state index in [1.165, 1.54) is 354 Å². The molecule has 0 radical (unpaired) electrons. The predicted molar refractivity (Wildman–Crippen MR) is 394 cm³/mol. The highest BCUT2D eigenvalue weighted by atomic mass is 16.6. The molecule has 0 aliphatic rings. The van der Waals surface area contributed by atoms with Crippen LogP contribution in [-0.4, -0.2) is 72.0 Å². The molecule has 0 saturated carbocycles. The van der Waals surface area contributed by atoms with Gasteiger partial charge in [0.15, 0.2) is 6.10 Å². The van der Waals surface area contributed by atoms with Crippen molar-refractivity contribution in [2.45, 2.75) is 464 Å². The van der Waals surface area contributed by atoms with E-state index in [0.717, 1.165) is 64.2 Å². The van der Waals surface area contributed by atoms with Gasteiger partial charge in [0.05, 0.1) is 6.61 Å². The summed E-state index contributed by atoms with van der Waals surface area (Å²) in [5.74, 6) is -2.01. The highest BCUT2D eigenvalue weighted by Gasteiger charge is 2.19. The van der Waals surface area contributed by atoms with Gasteiger partial charge in [0.1, 0.15) is 13.2 Å². The fourth-order valence-corrected chi connectivity index (χ4v) is 12.8. The van der Waals surface area contributed by atoms with Crippen molar-refractivity contribution in [2.24, 2.45) is 5.92 Å². The lowest BCUT2D eigenvalue weighted by Crippen LogP contribution is -2.30. The SMILES string of the molecule is CC(=O)OCC(CCCCCCCCCCCCCCCCCCC(=O)O)CCCCCCCCCCCCCCCCCC(=O)O.CCCCCCCCCCCCCCCCCC(=O)OCC(COC(C)=O)OC(=O)CCCCCCCCCCCCCCCCC. The van der Waals surface area contributed by atoms with Crippen molar-refractivity contribution >= 4 is 35.8 Å². The molecule has 0 bridgehead atoms. The molecule has 2 unspecified atom stereocenters. The van der Waals surface area contributed by atoms with E-state index in [0.29, 0.717) is 38.2 Å². The van der Waals surface area contributed by atoms with E-state index in [4.69, 9.17) is 29.2 Å². The Balaban J connectivity index is 0. The lowest BCUT2D eigenvalue weighted by molar-refractivity contribution is -0.166. The maximum Gasteiger partial charge on any atom is 0.306 e. The summed E-state index contributed by atoms with van der Waals surface area (Å²) in [5, 5.41) is 17.3. The highest BCUT2D eigenvalue weighted by Crippen LogP contribution is 2.23. The van der Waals surface area contributed by atoms with Crippen molar-refractivity contribution in [3.05, 3.63) is 0 Å². The van der Waals surface area contributed by atoms with Crippen molar-refractivity contribution in [3.63, 3.8) is 0 Å². The highest BCUT2D eigenvalue weighted by molar-refractivity contribution is 5.70. The Morgan fingerprint density at radius 3 is 0.691 bits per heavy atom. The minimum atomic E-state index is -0.757. The number of rotatable bonds is 76. The maximum absolute atomic E-state index is 12.4. The summed E-state index contributed by atoms with van der Waals surface area (Å²) in [7, 11) is 0. The minimum absolute atomic E-state index is 0.0740. The Morgan fingerprint density at radius 2 is 0.447 bits per heavy atom. The van der Waals surface area contributed by atoms with Gasteiger partial charge in [0.25, 0.3) is 0 Å². The van der Waals surface area contributed by atoms with Gasteiger partial charge in [-0.3, -0.25) is 28.8 Å². The number of carbonyl (C=O) groups is 6. The van der Waals surface area contributed by atoms with Crippen molar-refractivity contribution < 1.29 is 57.9 Å². The predicted octanol–water partition coefficient (Wildman–Crippen LogP) is 25.5. The summed E-state index contributed by atoms with van der Waals surface area (Å²) in [5.41, 5.74) is 0. The van der Waals surface area contributed by atoms with E-state index in [1.54, 1.807) is 0 Å². The molecule has 0 aromatic heterocycles. The molecule has 12 nitrogen and oxygen atoms in total. The zero-order valence-corrected chi connectivity index (χ0v) is 62.6. The van der Waals surface area contributed by atoms with Crippen molar-refractivity contribution in [1.29, 1.82) is 0 Å². The summed E-state index contributed by atoms with van der Waals surface area (Å²) in [6.45, 7) is 7.82. The number of hydrogen-bond donors (Lipinski definition) is 2. The zero-order valence-electron chi connectivity index (χ0n) is 62.6. The van der Waals surface area contributed by atoms with Crippen LogP contribution in [0.15, 0.2) is 0 Å². The van der Waals surface area contributed by atoms with E-state index in [1.807, 2.05) is 0 Å². The molecule has 0 spiro atoms. The van der Waals surface area contributed by atoms with Crippen LogP contribution in [0.1, 0.15) is 458 Å². The second-order valence-corrected chi connectivity index (χ2v) is 28.5. The second kappa shape index (κ2) is 78.8. The molecule has 0 rings (SSSR count). The lowest BCUT2D eigenvalue weighted by Gasteiger charge is -2.18. The van der Waals surface area contributed by atoms with Crippen LogP contribution in [0.25, 0.3) is 0 Å². The second-order valence-electron chi connectivity index (χ2n) is 28.5. The third kappa shape index (κ3) is 83.0. The Bertz CT molecular complexity index is 1620. The molecule has 0 aliphatic carbocycles. The zero-order chi connectivity index (χ0) is 68.9. The fourth-order valence-electron chi connectivity index (χ4n) is 12.8. The van der Waals surface area contributed by atoms with Gasteiger partial charge in [0.2, 0.25) is 0 Å². The van der Waals surface area contributed by atoms with Crippen LogP contribution in [0.4, 0.5) is 0 Å². The Kier molecular flexibility index (Phi) is 77.9. The molecular weight excluding hydrogens is 1180 g/mol. The van der Waals surface area contributed by atoms with Crippen molar-refractivity contribution in [3.8, 4) is 0 Å². The molecule has 0 aliphatic heterocycles. The molecule has 556 valence electrons. The number of hydrogen-bond acceptors (Lipinski definition) is 10. The van der Waals surface area contributed by atoms with Crippen molar-refractivity contribution in [1.82, 2.24) is 0 Å². The Hall–Kier alpha value is -3.18. The van der Waals surface area contributed by atoms with Gasteiger partial charge in [-0.1, -0.05) is 380 Å². The average molecular weight is 1330 g/mol. The van der Waals surface area contributed by atoms with Gasteiger partial charge in [-0.2, -0.15) is 0 Å². The van der Waals surface area contributed by atoms with Crippen LogP contribution in [0.5, 0.6) is 0 Å². The monoisotopic (exact) mass is 1330 g/mol. The van der Waals surface area contributed by atoms with Gasteiger partial charge in [-0.15, -0.1) is 0 Å². The molecule has 0 heterocycles. The molecule has 2 atom stereocenters. The number of carboxylic acids is 2. The molecule has 94 heavy (non-hydrogen) atoms. The van der Waals surface area contributed by atoms with Gasteiger partial charge in [0, 0.05) is 39.5 Å². The van der Waals surface area contributed by atoms with Crippen LogP contribution >= 0.6 is 0 Å². The normalized spacial score (nSPS) is 11.9. The topological polar surface area (TPSA) is 180 Å². The van der Waals surface area contributed by atoms with Gasteiger partial charge >= 0.3 is 35.8 Å². The summed E-state index contributed by atoms with van der Waals surface area (Å²) in [6.07, 6.45) is 80.8. The number of ether oxygens (including phenoxy) is 4. The molecule has 0 saturated heterocycles. The minimum Gasteiger partial charge on any atom is -0.481 e. The number of carboxylic acid groups (broad SMARTS) is 2. The number of carbonyl (C=O) groups excluding carboxylic acids is 4. The average Bonchev–Trinajstić information content (AvgIpc) is 3.76. The largest absolute Gasteiger partial charge is 0.481 e. The molecule has 0 aromatic carbocycles. The van der Waals surface area contributed by atoms with E-state index in [-0.39, 0.29) is 31.1 Å². The number of esters is 4. The first-order chi connectivity index (χ1) is 45.9. The Labute approximate surface area is 580 Å². The van der Waals surface area contributed by atoms with Gasteiger partial charge < -0.3 is 29.2 Å². The summed E-state index contributed by atoms with van der Waals surface area (Å²) in [4.78, 5) is 68.4. The maximum atomic E-state index is 12.4. The Morgan fingerprint density at radius 1 is 0.245 bits per heavy atom. The van der Waals surface area contributed by atoms with Crippen LogP contribution in [0, 0.1) is 5.92 Å². The quantitative estimate of drug-likeness (QED) is 0.0335. The van der Waals surface area contributed by atoms with E-state index < -0.39 is 24.0 Å². The van der Waals surface area contributed by atoms with Crippen molar-refractivity contribution in [2.75, 3.05) is 19.8 Å². The van der Waals surface area contributed by atoms with E-state index >= 15 is 0 Å². The first kappa shape index (κ1) is 92.9. The first-order valence-corrected chi connectivity index (χ1v) is 41.0.